The van der Waals surface area contributed by atoms with E-state index in [1.807, 2.05) is 24.3 Å². The van der Waals surface area contributed by atoms with Crippen molar-refractivity contribution in [2.24, 2.45) is 0 Å². The highest BCUT2D eigenvalue weighted by atomic mass is 127. The van der Waals surface area contributed by atoms with Crippen molar-refractivity contribution < 1.29 is 0 Å². The maximum atomic E-state index is 11.7. The monoisotopic (exact) mass is 367 g/mol. The predicted octanol–water partition coefficient (Wildman–Crippen LogP) is 2.79. The molecule has 1 aromatic carbocycles. The van der Waals surface area contributed by atoms with Crippen molar-refractivity contribution in [3.63, 3.8) is 0 Å². The van der Waals surface area contributed by atoms with Crippen LogP contribution in [0.2, 0.25) is 0 Å². The molecule has 1 aliphatic heterocycles. The fraction of sp³-hybridized carbons (Fsp3) is 0.286. The molecule has 0 atom stereocenters. The van der Waals surface area contributed by atoms with E-state index in [0.717, 1.165) is 48.4 Å². The van der Waals surface area contributed by atoms with Gasteiger partial charge in [0.2, 0.25) is 0 Å². The summed E-state index contributed by atoms with van der Waals surface area (Å²) in [5, 5.41) is 3.25. The molecule has 0 fully saturated rings. The third-order valence-corrected chi connectivity index (χ3v) is 4.03. The van der Waals surface area contributed by atoms with Crippen molar-refractivity contribution in [2.75, 3.05) is 11.9 Å². The van der Waals surface area contributed by atoms with E-state index < -0.39 is 0 Å². The van der Waals surface area contributed by atoms with Crippen molar-refractivity contribution in [2.45, 2.75) is 19.3 Å². The Labute approximate surface area is 124 Å². The van der Waals surface area contributed by atoms with Crippen LogP contribution in [0.25, 0.3) is 11.3 Å². The third kappa shape index (κ3) is 2.65. The van der Waals surface area contributed by atoms with E-state index in [4.69, 9.17) is 0 Å². The number of hydrogen-bond donors (Lipinski definition) is 2. The molecular formula is C14H14IN3O. The van der Waals surface area contributed by atoms with Gasteiger partial charge >= 0.3 is 5.69 Å². The van der Waals surface area contributed by atoms with Crippen LogP contribution in [-0.2, 0) is 6.42 Å². The zero-order chi connectivity index (χ0) is 13.2. The summed E-state index contributed by atoms with van der Waals surface area (Å²) in [4.78, 5) is 18.7. The topological polar surface area (TPSA) is 57.8 Å². The summed E-state index contributed by atoms with van der Waals surface area (Å²) in [6, 6.07) is 8.17. The van der Waals surface area contributed by atoms with E-state index in [2.05, 4.69) is 37.9 Å². The highest BCUT2D eigenvalue weighted by molar-refractivity contribution is 14.1. The van der Waals surface area contributed by atoms with Gasteiger partial charge < -0.3 is 10.3 Å². The van der Waals surface area contributed by atoms with Crippen LogP contribution >= 0.6 is 22.6 Å². The minimum atomic E-state index is -0.290. The Hall–Kier alpha value is -1.37. The zero-order valence-corrected chi connectivity index (χ0v) is 12.5. The first kappa shape index (κ1) is 12.7. The van der Waals surface area contributed by atoms with Crippen LogP contribution in [0.5, 0.6) is 0 Å². The van der Waals surface area contributed by atoms with Crippen LogP contribution in [0.3, 0.4) is 0 Å². The Morgan fingerprint density at radius 3 is 2.74 bits per heavy atom. The van der Waals surface area contributed by atoms with Gasteiger partial charge in [0, 0.05) is 15.7 Å². The van der Waals surface area contributed by atoms with Gasteiger partial charge in [0.15, 0.2) is 0 Å². The molecular weight excluding hydrogens is 353 g/mol. The van der Waals surface area contributed by atoms with Gasteiger partial charge in [-0.3, -0.25) is 0 Å². The number of hydrogen-bond acceptors (Lipinski definition) is 3. The fourth-order valence-corrected chi connectivity index (χ4v) is 2.74. The minimum absolute atomic E-state index is 0.290. The molecule has 98 valence electrons. The van der Waals surface area contributed by atoms with Gasteiger partial charge in [0.1, 0.15) is 5.82 Å². The van der Waals surface area contributed by atoms with E-state index in [-0.39, 0.29) is 5.69 Å². The summed E-state index contributed by atoms with van der Waals surface area (Å²) in [7, 11) is 0. The number of halogens is 1. The second kappa shape index (κ2) is 5.32. The molecule has 2 aromatic rings. The summed E-state index contributed by atoms with van der Waals surface area (Å²) in [6.07, 6.45) is 3.18. The molecule has 0 amide bonds. The maximum Gasteiger partial charge on any atom is 0.347 e. The molecule has 5 heteroatoms. The van der Waals surface area contributed by atoms with Crippen molar-refractivity contribution in [3.05, 3.63) is 43.9 Å². The zero-order valence-electron chi connectivity index (χ0n) is 10.4. The van der Waals surface area contributed by atoms with Crippen molar-refractivity contribution in [3.8, 4) is 11.3 Å². The van der Waals surface area contributed by atoms with E-state index >= 15 is 0 Å². The molecule has 2 N–H and O–H groups in total. The molecule has 1 aromatic heterocycles. The van der Waals surface area contributed by atoms with E-state index in [9.17, 15) is 4.79 Å². The summed E-state index contributed by atoms with van der Waals surface area (Å²) in [5.74, 6) is 0.745. The molecule has 2 heterocycles. The molecule has 1 aliphatic rings. The lowest BCUT2D eigenvalue weighted by atomic mass is 10.0. The maximum absolute atomic E-state index is 11.7. The van der Waals surface area contributed by atoms with Crippen LogP contribution in [0.1, 0.15) is 18.4 Å². The molecule has 0 saturated heterocycles. The molecule has 0 aliphatic carbocycles. The minimum Gasteiger partial charge on any atom is -0.370 e. The summed E-state index contributed by atoms with van der Waals surface area (Å²) < 4.78 is 1.18. The lowest BCUT2D eigenvalue weighted by Crippen LogP contribution is -2.17. The average Bonchev–Trinajstić information content (AvgIpc) is 2.64. The molecule has 0 bridgehead atoms. The Morgan fingerprint density at radius 1 is 1.16 bits per heavy atom. The predicted molar refractivity (Wildman–Crippen MR) is 84.4 cm³/mol. The number of nitrogens with zero attached hydrogens (tertiary/aromatic N) is 1. The molecule has 0 radical (unpaired) electrons. The summed E-state index contributed by atoms with van der Waals surface area (Å²) >= 11 is 2.28. The highest BCUT2D eigenvalue weighted by Gasteiger charge is 2.15. The molecule has 19 heavy (non-hydrogen) atoms. The van der Waals surface area contributed by atoms with Crippen LogP contribution in [0, 0.1) is 3.57 Å². The van der Waals surface area contributed by atoms with Gasteiger partial charge in [0.25, 0.3) is 0 Å². The molecule has 0 saturated carbocycles. The first-order valence-electron chi connectivity index (χ1n) is 6.37. The van der Waals surface area contributed by atoms with Crippen LogP contribution < -0.4 is 11.0 Å². The van der Waals surface area contributed by atoms with E-state index in [1.165, 1.54) is 3.57 Å². The number of H-pyrrole nitrogens is 1. The first-order chi connectivity index (χ1) is 9.24. The quantitative estimate of drug-likeness (QED) is 0.763. The normalized spacial score (nSPS) is 14.4. The van der Waals surface area contributed by atoms with Gasteiger partial charge in [0.05, 0.1) is 5.69 Å². The number of aromatic amines is 1. The smallest absolute Gasteiger partial charge is 0.347 e. The van der Waals surface area contributed by atoms with Gasteiger partial charge in [-0.25, -0.2) is 4.79 Å². The van der Waals surface area contributed by atoms with Crippen LogP contribution in [-0.4, -0.2) is 16.5 Å². The van der Waals surface area contributed by atoms with E-state index in [0.29, 0.717) is 0 Å². The van der Waals surface area contributed by atoms with Gasteiger partial charge in [-0.15, -0.1) is 0 Å². The number of nitrogens with one attached hydrogen (secondary N) is 2. The standard InChI is InChI=1S/C14H14IN3O/c15-10-6-4-9(5-7-10)12-11-3-1-2-8-16-13(11)18-14(19)17-12/h4-7H,1-3,8H2,(H2,16,17,18,19). The van der Waals surface area contributed by atoms with Gasteiger partial charge in [-0.05, 0) is 59.5 Å². The van der Waals surface area contributed by atoms with Crippen molar-refractivity contribution >= 4 is 28.4 Å². The number of rotatable bonds is 1. The molecule has 3 rings (SSSR count). The number of fused-ring (bicyclic) bond motifs is 1. The van der Waals surface area contributed by atoms with E-state index in [1.54, 1.807) is 0 Å². The molecule has 0 spiro atoms. The number of aromatic nitrogens is 2. The Balaban J connectivity index is 2.17. The Kier molecular flexibility index (Phi) is 3.54. The largest absolute Gasteiger partial charge is 0.370 e. The van der Waals surface area contributed by atoms with Crippen LogP contribution in [0.4, 0.5) is 5.82 Å². The first-order valence-corrected chi connectivity index (χ1v) is 7.45. The molecule has 0 unspecified atom stereocenters. The number of anilines is 1. The fourth-order valence-electron chi connectivity index (χ4n) is 2.38. The number of benzene rings is 1. The summed E-state index contributed by atoms with van der Waals surface area (Å²) in [6.45, 7) is 0.885. The lowest BCUT2D eigenvalue weighted by Gasteiger charge is -2.11. The van der Waals surface area contributed by atoms with Gasteiger partial charge in [-0.2, -0.15) is 4.98 Å². The lowest BCUT2D eigenvalue weighted by molar-refractivity contribution is 0.785. The second-order valence-corrected chi connectivity index (χ2v) is 5.88. The Bertz CT molecular complexity index is 649. The molecule has 4 nitrogen and oxygen atoms in total. The second-order valence-electron chi connectivity index (χ2n) is 4.63. The van der Waals surface area contributed by atoms with Crippen molar-refractivity contribution in [1.29, 1.82) is 0 Å². The summed E-state index contributed by atoms with van der Waals surface area (Å²) in [5.41, 5.74) is 2.78. The van der Waals surface area contributed by atoms with Gasteiger partial charge in [-0.1, -0.05) is 12.1 Å². The third-order valence-electron chi connectivity index (χ3n) is 3.31. The highest BCUT2D eigenvalue weighted by Crippen LogP contribution is 2.28. The van der Waals surface area contributed by atoms with Crippen LogP contribution in [0.15, 0.2) is 29.1 Å². The SMILES string of the molecule is O=c1nc2c(c(-c3ccc(I)cc3)[nH]1)CCCCN2. The van der Waals surface area contributed by atoms with Crippen molar-refractivity contribution in [1.82, 2.24) is 9.97 Å². The average molecular weight is 367 g/mol. The Morgan fingerprint density at radius 2 is 1.95 bits per heavy atom.